The van der Waals surface area contributed by atoms with Crippen LogP contribution in [0.3, 0.4) is 0 Å². The molecule has 0 amide bonds. The molecule has 1 N–H and O–H groups in total. The largest absolute Gasteiger partial charge is 0.434 e. The molecule has 0 radical (unpaired) electrons. The van der Waals surface area contributed by atoms with E-state index in [1.54, 1.807) is 12.1 Å². The van der Waals surface area contributed by atoms with Crippen LogP contribution in [-0.4, -0.2) is 24.2 Å². The summed E-state index contributed by atoms with van der Waals surface area (Å²) in [5.41, 5.74) is 0.748. The number of hydrogen-bond acceptors (Lipinski definition) is 3. The summed E-state index contributed by atoms with van der Waals surface area (Å²) in [6.45, 7) is -1.34. The van der Waals surface area contributed by atoms with Gasteiger partial charge in [0.2, 0.25) is 0 Å². The monoisotopic (exact) mass is 351 g/mol. The van der Waals surface area contributed by atoms with E-state index >= 15 is 0 Å². The van der Waals surface area contributed by atoms with Gasteiger partial charge < -0.3 is 10.1 Å². The van der Waals surface area contributed by atoms with Crippen molar-refractivity contribution < 1.29 is 13.5 Å². The van der Waals surface area contributed by atoms with Crippen molar-refractivity contribution in [1.82, 2.24) is 5.32 Å². The van der Waals surface area contributed by atoms with Gasteiger partial charge in [0.1, 0.15) is 5.75 Å². The highest BCUT2D eigenvalue weighted by Gasteiger charge is 2.15. The first-order chi connectivity index (χ1) is 9.15. The molecule has 1 aliphatic rings. The van der Waals surface area contributed by atoms with Crippen molar-refractivity contribution >= 4 is 27.7 Å². The van der Waals surface area contributed by atoms with Gasteiger partial charge in [-0.3, -0.25) is 0 Å². The van der Waals surface area contributed by atoms with Gasteiger partial charge in [-0.15, -0.1) is 0 Å². The van der Waals surface area contributed by atoms with Crippen molar-refractivity contribution in [3.63, 3.8) is 0 Å². The van der Waals surface area contributed by atoms with Crippen molar-refractivity contribution in [3.8, 4) is 5.75 Å². The fraction of sp³-hybridized carbons (Fsp3) is 0.538. The molecule has 1 fully saturated rings. The molecular formula is C13H16BrF2NOS. The molecule has 0 aliphatic carbocycles. The van der Waals surface area contributed by atoms with Crippen LogP contribution < -0.4 is 10.1 Å². The molecule has 1 aromatic carbocycles. The summed E-state index contributed by atoms with van der Waals surface area (Å²) in [7, 11) is 0. The molecule has 6 heteroatoms. The lowest BCUT2D eigenvalue weighted by atomic mass is 10.2. The third kappa shape index (κ3) is 4.93. The first-order valence-electron chi connectivity index (χ1n) is 6.20. The summed E-state index contributed by atoms with van der Waals surface area (Å²) >= 11 is 5.32. The SMILES string of the molecule is FC(F)Oc1ccc(Br)cc1CNCC1CCCS1. The lowest BCUT2D eigenvalue weighted by Crippen LogP contribution is -2.23. The van der Waals surface area contributed by atoms with Gasteiger partial charge >= 0.3 is 6.61 Å². The Kier molecular flexibility index (Phi) is 5.91. The standard InChI is InChI=1S/C13H16BrF2NOS/c14-10-3-4-12(18-13(15)16)9(6-10)7-17-8-11-2-1-5-19-11/h3-4,6,11,13,17H,1-2,5,7-8H2. The molecule has 0 aromatic heterocycles. The molecular weight excluding hydrogens is 336 g/mol. The number of nitrogens with one attached hydrogen (secondary N) is 1. The van der Waals surface area contributed by atoms with Crippen LogP contribution in [-0.2, 0) is 6.54 Å². The van der Waals surface area contributed by atoms with E-state index in [0.29, 0.717) is 11.8 Å². The predicted octanol–water partition coefficient (Wildman–Crippen LogP) is 4.04. The number of thioether (sulfide) groups is 1. The minimum atomic E-state index is -2.79. The Hall–Kier alpha value is -0.330. The molecule has 2 rings (SSSR count). The average molecular weight is 352 g/mol. The molecule has 1 aliphatic heterocycles. The lowest BCUT2D eigenvalue weighted by molar-refractivity contribution is -0.0505. The maximum absolute atomic E-state index is 12.3. The Labute approximate surface area is 124 Å². The molecule has 0 bridgehead atoms. The first-order valence-corrected chi connectivity index (χ1v) is 8.05. The maximum atomic E-state index is 12.3. The highest BCUT2D eigenvalue weighted by Crippen LogP contribution is 2.27. The summed E-state index contributed by atoms with van der Waals surface area (Å²) in [5.74, 6) is 1.47. The van der Waals surface area contributed by atoms with Crippen molar-refractivity contribution in [3.05, 3.63) is 28.2 Å². The minimum absolute atomic E-state index is 0.241. The molecule has 1 atom stereocenters. The van der Waals surface area contributed by atoms with Gasteiger partial charge in [-0.25, -0.2) is 0 Å². The Morgan fingerprint density at radius 3 is 3.00 bits per heavy atom. The number of halogens is 3. The van der Waals surface area contributed by atoms with Gasteiger partial charge in [-0.2, -0.15) is 20.5 Å². The molecule has 1 heterocycles. The second kappa shape index (κ2) is 7.45. The number of alkyl halides is 2. The Bertz CT molecular complexity index is 414. The molecule has 0 saturated carbocycles. The number of hydrogen-bond donors (Lipinski definition) is 1. The zero-order valence-electron chi connectivity index (χ0n) is 10.4. The van der Waals surface area contributed by atoms with Gasteiger partial charge in [0.15, 0.2) is 0 Å². The zero-order chi connectivity index (χ0) is 13.7. The highest BCUT2D eigenvalue weighted by molar-refractivity contribution is 9.10. The van der Waals surface area contributed by atoms with Gasteiger partial charge in [-0.1, -0.05) is 15.9 Å². The van der Waals surface area contributed by atoms with E-state index in [0.717, 1.165) is 16.6 Å². The second-order valence-electron chi connectivity index (χ2n) is 4.40. The summed E-state index contributed by atoms with van der Waals surface area (Å²) in [6, 6.07) is 5.08. The number of benzene rings is 1. The van der Waals surface area contributed by atoms with E-state index in [4.69, 9.17) is 0 Å². The van der Waals surface area contributed by atoms with Crippen LogP contribution in [0, 0.1) is 0 Å². The normalized spacial score (nSPS) is 19.1. The van der Waals surface area contributed by atoms with Crippen LogP contribution >= 0.6 is 27.7 Å². The number of rotatable bonds is 6. The van der Waals surface area contributed by atoms with E-state index in [1.807, 2.05) is 17.8 Å². The van der Waals surface area contributed by atoms with Crippen molar-refractivity contribution in [2.45, 2.75) is 31.2 Å². The molecule has 106 valence electrons. The molecule has 1 aromatic rings. The van der Waals surface area contributed by atoms with Crippen LogP contribution in [0.5, 0.6) is 5.75 Å². The van der Waals surface area contributed by atoms with E-state index in [9.17, 15) is 8.78 Å². The summed E-state index contributed by atoms with van der Waals surface area (Å²) in [6.07, 6.45) is 2.50. The van der Waals surface area contributed by atoms with E-state index < -0.39 is 6.61 Å². The Morgan fingerprint density at radius 2 is 2.32 bits per heavy atom. The smallest absolute Gasteiger partial charge is 0.387 e. The summed E-state index contributed by atoms with van der Waals surface area (Å²) in [5, 5.41) is 3.96. The first kappa shape index (κ1) is 15.1. The summed E-state index contributed by atoms with van der Waals surface area (Å²) < 4.78 is 30.0. The van der Waals surface area contributed by atoms with E-state index in [2.05, 4.69) is 26.0 Å². The Balaban J connectivity index is 1.91. The summed E-state index contributed by atoms with van der Waals surface area (Å²) in [4.78, 5) is 0. The van der Waals surface area contributed by atoms with Gasteiger partial charge in [0.05, 0.1) is 0 Å². The van der Waals surface area contributed by atoms with Crippen LogP contribution in [0.4, 0.5) is 8.78 Å². The van der Waals surface area contributed by atoms with Gasteiger partial charge in [0, 0.05) is 28.4 Å². The fourth-order valence-electron chi connectivity index (χ4n) is 2.07. The Morgan fingerprint density at radius 1 is 1.47 bits per heavy atom. The van der Waals surface area contributed by atoms with Crippen LogP contribution in [0.1, 0.15) is 18.4 Å². The van der Waals surface area contributed by atoms with Crippen LogP contribution in [0.2, 0.25) is 0 Å². The minimum Gasteiger partial charge on any atom is -0.434 e. The lowest BCUT2D eigenvalue weighted by Gasteiger charge is -2.14. The fourth-order valence-corrected chi connectivity index (χ4v) is 3.71. The van der Waals surface area contributed by atoms with E-state index in [1.165, 1.54) is 18.6 Å². The second-order valence-corrected chi connectivity index (χ2v) is 6.72. The highest BCUT2D eigenvalue weighted by atomic mass is 79.9. The maximum Gasteiger partial charge on any atom is 0.387 e. The molecule has 1 unspecified atom stereocenters. The molecule has 0 spiro atoms. The third-order valence-electron chi connectivity index (χ3n) is 2.95. The van der Waals surface area contributed by atoms with Crippen molar-refractivity contribution in [2.75, 3.05) is 12.3 Å². The molecule has 1 saturated heterocycles. The van der Waals surface area contributed by atoms with Crippen molar-refractivity contribution in [2.24, 2.45) is 0 Å². The average Bonchev–Trinajstić information content (AvgIpc) is 2.85. The van der Waals surface area contributed by atoms with Gasteiger partial charge in [0.25, 0.3) is 0 Å². The quantitative estimate of drug-likeness (QED) is 0.835. The molecule has 2 nitrogen and oxygen atoms in total. The van der Waals surface area contributed by atoms with Crippen LogP contribution in [0.25, 0.3) is 0 Å². The van der Waals surface area contributed by atoms with Gasteiger partial charge in [-0.05, 0) is 36.8 Å². The van der Waals surface area contributed by atoms with E-state index in [-0.39, 0.29) is 5.75 Å². The zero-order valence-corrected chi connectivity index (χ0v) is 12.8. The third-order valence-corrected chi connectivity index (χ3v) is 4.84. The predicted molar refractivity (Wildman–Crippen MR) is 78.0 cm³/mol. The molecule has 19 heavy (non-hydrogen) atoms. The topological polar surface area (TPSA) is 21.3 Å². The van der Waals surface area contributed by atoms with Crippen LogP contribution in [0.15, 0.2) is 22.7 Å². The number of ether oxygens (including phenoxy) is 1. The van der Waals surface area contributed by atoms with Crippen molar-refractivity contribution in [1.29, 1.82) is 0 Å².